The van der Waals surface area contributed by atoms with Crippen molar-refractivity contribution in [1.82, 2.24) is 4.90 Å². The number of hydrogen-bond acceptors (Lipinski definition) is 3. The molecule has 0 aromatic rings. The van der Waals surface area contributed by atoms with E-state index in [0.717, 1.165) is 38.6 Å². The molecule has 4 nitrogen and oxygen atoms in total. The Bertz CT molecular complexity index is 269. The van der Waals surface area contributed by atoms with Crippen LogP contribution in [0.2, 0.25) is 0 Å². The second kappa shape index (κ2) is 5.83. The minimum Gasteiger partial charge on any atom is -0.393 e. The van der Waals surface area contributed by atoms with Crippen LogP contribution in [0.15, 0.2) is 0 Å². The van der Waals surface area contributed by atoms with Gasteiger partial charge in [-0.15, -0.1) is 0 Å². The van der Waals surface area contributed by atoms with Crippen LogP contribution in [0.5, 0.6) is 0 Å². The maximum Gasteiger partial charge on any atom is 0.248 e. The molecular formula is C13H23NO3. The van der Waals surface area contributed by atoms with E-state index in [1.54, 1.807) is 7.11 Å². The van der Waals surface area contributed by atoms with E-state index in [1.807, 2.05) is 4.90 Å². The number of piperidine rings is 1. The Labute approximate surface area is 103 Å². The summed E-state index contributed by atoms with van der Waals surface area (Å²) in [7, 11) is 1.56. The molecule has 98 valence electrons. The summed E-state index contributed by atoms with van der Waals surface area (Å²) in [5.41, 5.74) is 0. The molecule has 1 saturated carbocycles. The van der Waals surface area contributed by atoms with E-state index in [-0.39, 0.29) is 30.6 Å². The molecule has 1 aliphatic heterocycles. The molecule has 3 unspecified atom stereocenters. The highest BCUT2D eigenvalue weighted by Gasteiger charge is 2.38. The van der Waals surface area contributed by atoms with Gasteiger partial charge in [0.1, 0.15) is 6.61 Å². The van der Waals surface area contributed by atoms with Crippen LogP contribution in [0.4, 0.5) is 0 Å². The third-order valence-electron chi connectivity index (χ3n) is 4.16. The standard InChI is InChI=1S/C13H23NO3/c1-17-9-13(16)14-8-3-2-6-11(14)10-5-4-7-12(10)15/h10-12,15H,2-9H2,1H3. The first-order valence-corrected chi connectivity index (χ1v) is 6.70. The number of likely N-dealkylation sites (tertiary alicyclic amines) is 1. The molecule has 4 heteroatoms. The fraction of sp³-hybridized carbons (Fsp3) is 0.923. The van der Waals surface area contributed by atoms with Gasteiger partial charge in [0.05, 0.1) is 6.10 Å². The normalized spacial score (nSPS) is 34.0. The van der Waals surface area contributed by atoms with Gasteiger partial charge in [-0.1, -0.05) is 6.42 Å². The lowest BCUT2D eigenvalue weighted by Crippen LogP contribution is -2.50. The maximum atomic E-state index is 12.0. The molecule has 17 heavy (non-hydrogen) atoms. The van der Waals surface area contributed by atoms with Crippen molar-refractivity contribution in [3.05, 3.63) is 0 Å². The van der Waals surface area contributed by atoms with Gasteiger partial charge in [-0.05, 0) is 32.1 Å². The van der Waals surface area contributed by atoms with Gasteiger partial charge in [-0.3, -0.25) is 4.79 Å². The van der Waals surface area contributed by atoms with Crippen LogP contribution in [0.3, 0.4) is 0 Å². The number of carbonyl (C=O) groups is 1. The summed E-state index contributed by atoms with van der Waals surface area (Å²) in [5.74, 6) is 0.368. The van der Waals surface area contributed by atoms with E-state index in [9.17, 15) is 9.90 Å². The van der Waals surface area contributed by atoms with Gasteiger partial charge >= 0.3 is 0 Å². The zero-order chi connectivity index (χ0) is 12.3. The molecule has 1 heterocycles. The van der Waals surface area contributed by atoms with Crippen LogP contribution in [-0.2, 0) is 9.53 Å². The number of aliphatic hydroxyl groups is 1. The SMILES string of the molecule is COCC(=O)N1CCCCC1C1CCCC1O. The van der Waals surface area contributed by atoms with Crippen molar-refractivity contribution >= 4 is 5.91 Å². The number of methoxy groups -OCH3 is 1. The van der Waals surface area contributed by atoms with Gasteiger partial charge in [-0.2, -0.15) is 0 Å². The first kappa shape index (κ1) is 12.8. The molecule has 2 fully saturated rings. The minimum absolute atomic E-state index is 0.0799. The summed E-state index contributed by atoms with van der Waals surface area (Å²) in [5, 5.41) is 10.0. The average Bonchev–Trinajstić information content (AvgIpc) is 2.76. The number of nitrogens with zero attached hydrogens (tertiary/aromatic N) is 1. The monoisotopic (exact) mass is 241 g/mol. The smallest absolute Gasteiger partial charge is 0.248 e. The predicted molar refractivity (Wildman–Crippen MR) is 64.6 cm³/mol. The van der Waals surface area contributed by atoms with Gasteiger partial charge < -0.3 is 14.7 Å². The molecule has 2 rings (SSSR count). The van der Waals surface area contributed by atoms with E-state index >= 15 is 0 Å². The Morgan fingerprint density at radius 1 is 1.29 bits per heavy atom. The molecule has 3 atom stereocenters. The fourth-order valence-electron chi connectivity index (χ4n) is 3.34. The highest BCUT2D eigenvalue weighted by Crippen LogP contribution is 2.35. The molecule has 1 saturated heterocycles. The lowest BCUT2D eigenvalue weighted by atomic mass is 9.87. The predicted octanol–water partition coefficient (Wildman–Crippen LogP) is 1.17. The summed E-state index contributed by atoms with van der Waals surface area (Å²) in [6.07, 6.45) is 6.12. The van der Waals surface area contributed by atoms with Gasteiger partial charge in [0, 0.05) is 25.6 Å². The molecule has 0 spiro atoms. The fourth-order valence-corrected chi connectivity index (χ4v) is 3.34. The number of rotatable bonds is 3. The zero-order valence-corrected chi connectivity index (χ0v) is 10.6. The van der Waals surface area contributed by atoms with Crippen molar-refractivity contribution in [1.29, 1.82) is 0 Å². The Hall–Kier alpha value is -0.610. The van der Waals surface area contributed by atoms with Crippen LogP contribution in [0.25, 0.3) is 0 Å². The number of carbonyl (C=O) groups excluding carboxylic acids is 1. The van der Waals surface area contributed by atoms with Crippen molar-refractivity contribution in [2.24, 2.45) is 5.92 Å². The van der Waals surface area contributed by atoms with Crippen LogP contribution in [-0.4, -0.2) is 48.3 Å². The summed E-state index contributed by atoms with van der Waals surface area (Å²) in [4.78, 5) is 13.9. The van der Waals surface area contributed by atoms with Crippen molar-refractivity contribution < 1.29 is 14.6 Å². The summed E-state index contributed by atoms with van der Waals surface area (Å²) >= 11 is 0. The maximum absolute atomic E-state index is 12.0. The number of ether oxygens (including phenoxy) is 1. The van der Waals surface area contributed by atoms with E-state index in [1.165, 1.54) is 6.42 Å². The lowest BCUT2D eigenvalue weighted by molar-refractivity contribution is -0.141. The summed E-state index contributed by atoms with van der Waals surface area (Å²) < 4.78 is 4.94. The Kier molecular flexibility index (Phi) is 4.40. The van der Waals surface area contributed by atoms with Gasteiger partial charge in [0.15, 0.2) is 0 Å². The first-order chi connectivity index (χ1) is 8.24. The molecule has 0 bridgehead atoms. The second-order valence-corrected chi connectivity index (χ2v) is 5.25. The number of amides is 1. The van der Waals surface area contributed by atoms with E-state index in [4.69, 9.17) is 4.74 Å². The Balaban J connectivity index is 2.03. The Morgan fingerprint density at radius 3 is 2.76 bits per heavy atom. The largest absolute Gasteiger partial charge is 0.393 e. The minimum atomic E-state index is -0.212. The van der Waals surface area contributed by atoms with Crippen molar-refractivity contribution in [3.63, 3.8) is 0 Å². The van der Waals surface area contributed by atoms with Gasteiger partial charge in [-0.25, -0.2) is 0 Å². The lowest BCUT2D eigenvalue weighted by Gasteiger charge is -2.40. The molecule has 0 aromatic heterocycles. The van der Waals surface area contributed by atoms with Crippen LogP contribution >= 0.6 is 0 Å². The highest BCUT2D eigenvalue weighted by atomic mass is 16.5. The van der Waals surface area contributed by atoms with Crippen LogP contribution in [0.1, 0.15) is 38.5 Å². The van der Waals surface area contributed by atoms with Gasteiger partial charge in [0.25, 0.3) is 0 Å². The molecule has 1 aliphatic carbocycles. The zero-order valence-electron chi connectivity index (χ0n) is 10.6. The molecular weight excluding hydrogens is 218 g/mol. The molecule has 2 aliphatic rings. The summed E-state index contributed by atoms with van der Waals surface area (Å²) in [6.45, 7) is 0.995. The molecule has 0 aromatic carbocycles. The Morgan fingerprint density at radius 2 is 2.12 bits per heavy atom. The van der Waals surface area contributed by atoms with E-state index in [0.29, 0.717) is 0 Å². The van der Waals surface area contributed by atoms with Crippen molar-refractivity contribution in [2.45, 2.75) is 50.7 Å². The summed E-state index contributed by atoms with van der Waals surface area (Å²) in [6, 6.07) is 0.240. The van der Waals surface area contributed by atoms with Crippen molar-refractivity contribution in [2.75, 3.05) is 20.3 Å². The van der Waals surface area contributed by atoms with Gasteiger partial charge in [0.2, 0.25) is 5.91 Å². The number of hydrogen-bond donors (Lipinski definition) is 1. The second-order valence-electron chi connectivity index (χ2n) is 5.25. The number of aliphatic hydroxyl groups excluding tert-OH is 1. The van der Waals surface area contributed by atoms with E-state index < -0.39 is 0 Å². The quantitative estimate of drug-likeness (QED) is 0.807. The topological polar surface area (TPSA) is 49.8 Å². The third-order valence-corrected chi connectivity index (χ3v) is 4.16. The average molecular weight is 241 g/mol. The van der Waals surface area contributed by atoms with Crippen molar-refractivity contribution in [3.8, 4) is 0 Å². The van der Waals surface area contributed by atoms with Crippen LogP contribution < -0.4 is 0 Å². The third kappa shape index (κ3) is 2.80. The highest BCUT2D eigenvalue weighted by molar-refractivity contribution is 5.77. The molecule has 1 amide bonds. The van der Waals surface area contributed by atoms with E-state index in [2.05, 4.69) is 0 Å². The molecule has 0 radical (unpaired) electrons. The molecule has 1 N–H and O–H groups in total. The first-order valence-electron chi connectivity index (χ1n) is 6.70. The van der Waals surface area contributed by atoms with Crippen LogP contribution in [0, 0.1) is 5.92 Å².